The van der Waals surface area contributed by atoms with Gasteiger partial charge in [-0.15, -0.1) is 0 Å². The van der Waals surface area contributed by atoms with Crippen LogP contribution in [-0.2, 0) is 27.3 Å². The molecule has 3 aliphatic rings. The first-order valence-corrected chi connectivity index (χ1v) is 10.8. The van der Waals surface area contributed by atoms with E-state index in [1.807, 2.05) is 39.0 Å². The van der Waals surface area contributed by atoms with Crippen LogP contribution in [0.3, 0.4) is 0 Å². The minimum atomic E-state index is -0.599. The van der Waals surface area contributed by atoms with Crippen LogP contribution in [-0.4, -0.2) is 58.3 Å². The lowest BCUT2D eigenvalue weighted by molar-refractivity contribution is -0.136. The van der Waals surface area contributed by atoms with E-state index in [1.165, 1.54) is 0 Å². The predicted molar refractivity (Wildman–Crippen MR) is 112 cm³/mol. The van der Waals surface area contributed by atoms with Gasteiger partial charge in [0.1, 0.15) is 11.6 Å². The third-order valence-corrected chi connectivity index (χ3v) is 6.05. The van der Waals surface area contributed by atoms with E-state index >= 15 is 0 Å². The van der Waals surface area contributed by atoms with Crippen molar-refractivity contribution in [2.24, 2.45) is 5.92 Å². The van der Waals surface area contributed by atoms with Gasteiger partial charge in [-0.2, -0.15) is 0 Å². The van der Waals surface area contributed by atoms with Crippen molar-refractivity contribution in [2.75, 3.05) is 13.1 Å². The van der Waals surface area contributed by atoms with Crippen LogP contribution in [0.4, 0.5) is 4.79 Å². The number of fused-ring (bicyclic) bond motifs is 1. The molecule has 3 heterocycles. The van der Waals surface area contributed by atoms with Gasteiger partial charge in [0.15, 0.2) is 0 Å². The zero-order valence-corrected chi connectivity index (χ0v) is 18.3. The molecule has 8 heteroatoms. The van der Waals surface area contributed by atoms with Crippen LogP contribution < -0.4 is 5.32 Å². The lowest BCUT2D eigenvalue weighted by atomic mass is 9.96. The summed E-state index contributed by atoms with van der Waals surface area (Å²) in [6, 6.07) is 5.23. The van der Waals surface area contributed by atoms with Gasteiger partial charge in [0, 0.05) is 31.6 Å². The molecule has 0 spiro atoms. The number of amides is 4. The van der Waals surface area contributed by atoms with Gasteiger partial charge in [0.25, 0.3) is 5.91 Å². The molecule has 0 aromatic heterocycles. The molecular formula is C23H29N3O5. The maximum atomic E-state index is 12.8. The second-order valence-electron chi connectivity index (χ2n) is 9.68. The predicted octanol–water partition coefficient (Wildman–Crippen LogP) is 2.25. The standard InChI is InChI=1S/C23H29N3O5/c1-23(2,3)31-22(30)25-9-8-15(12-25)10-14-4-5-17-16(11-14)13-26(21(17)29)18-6-7-19(27)24-20(18)28/h4-5,11,15,18H,6-10,12-13H2,1-3H3,(H,24,27,28)/t15-,18?/m0/s1. The van der Waals surface area contributed by atoms with Gasteiger partial charge >= 0.3 is 6.09 Å². The fraction of sp³-hybridized carbons (Fsp3) is 0.565. The molecule has 2 fully saturated rings. The summed E-state index contributed by atoms with van der Waals surface area (Å²) in [4.78, 5) is 52.0. The van der Waals surface area contributed by atoms with E-state index < -0.39 is 17.6 Å². The largest absolute Gasteiger partial charge is 0.444 e. The number of imide groups is 1. The van der Waals surface area contributed by atoms with Crippen LogP contribution in [0.15, 0.2) is 18.2 Å². The van der Waals surface area contributed by atoms with E-state index in [0.717, 1.165) is 24.0 Å². The molecule has 31 heavy (non-hydrogen) atoms. The highest BCUT2D eigenvalue weighted by atomic mass is 16.6. The van der Waals surface area contributed by atoms with E-state index in [0.29, 0.717) is 37.5 Å². The third kappa shape index (κ3) is 4.57. The number of carbonyl (C=O) groups is 4. The molecule has 2 saturated heterocycles. The van der Waals surface area contributed by atoms with Crippen molar-refractivity contribution in [3.63, 3.8) is 0 Å². The molecule has 1 aromatic carbocycles. The van der Waals surface area contributed by atoms with Crippen molar-refractivity contribution in [2.45, 2.75) is 64.6 Å². The van der Waals surface area contributed by atoms with Crippen LogP contribution >= 0.6 is 0 Å². The van der Waals surface area contributed by atoms with Crippen LogP contribution in [0.5, 0.6) is 0 Å². The molecule has 0 radical (unpaired) electrons. The van der Waals surface area contributed by atoms with E-state index in [4.69, 9.17) is 4.74 Å². The van der Waals surface area contributed by atoms with E-state index in [1.54, 1.807) is 9.80 Å². The Labute approximate surface area is 181 Å². The van der Waals surface area contributed by atoms with Gasteiger partial charge in [-0.3, -0.25) is 19.7 Å². The summed E-state index contributed by atoms with van der Waals surface area (Å²) in [5.41, 5.74) is 2.15. The SMILES string of the molecule is CC(C)(C)OC(=O)N1CC[C@@H](Cc2ccc3c(c2)CN(C2CCC(=O)NC2=O)C3=O)C1. The highest BCUT2D eigenvalue weighted by molar-refractivity contribution is 6.05. The van der Waals surface area contributed by atoms with Gasteiger partial charge < -0.3 is 14.5 Å². The highest BCUT2D eigenvalue weighted by Crippen LogP contribution is 2.30. The average molecular weight is 428 g/mol. The number of ether oxygens (including phenoxy) is 1. The molecule has 3 aliphatic heterocycles. The Bertz CT molecular complexity index is 936. The summed E-state index contributed by atoms with van der Waals surface area (Å²) in [6.45, 7) is 7.32. The number of nitrogens with one attached hydrogen (secondary N) is 1. The van der Waals surface area contributed by atoms with Crippen molar-refractivity contribution in [3.8, 4) is 0 Å². The van der Waals surface area contributed by atoms with Crippen molar-refractivity contribution < 1.29 is 23.9 Å². The van der Waals surface area contributed by atoms with Gasteiger partial charge in [-0.05, 0) is 63.1 Å². The zero-order chi connectivity index (χ0) is 22.3. The van der Waals surface area contributed by atoms with Crippen molar-refractivity contribution in [3.05, 3.63) is 34.9 Å². The molecule has 4 amide bonds. The lowest BCUT2D eigenvalue weighted by Crippen LogP contribution is -2.52. The minimum Gasteiger partial charge on any atom is -0.444 e. The number of hydrogen-bond acceptors (Lipinski definition) is 5. The van der Waals surface area contributed by atoms with E-state index in [-0.39, 0.29) is 24.3 Å². The van der Waals surface area contributed by atoms with Crippen LogP contribution in [0.1, 0.15) is 61.5 Å². The molecule has 8 nitrogen and oxygen atoms in total. The van der Waals surface area contributed by atoms with Crippen molar-refractivity contribution in [1.82, 2.24) is 15.1 Å². The smallest absolute Gasteiger partial charge is 0.410 e. The molecule has 0 bridgehead atoms. The third-order valence-electron chi connectivity index (χ3n) is 6.05. The molecule has 2 atom stereocenters. The quantitative estimate of drug-likeness (QED) is 0.747. The van der Waals surface area contributed by atoms with E-state index in [2.05, 4.69) is 5.32 Å². The van der Waals surface area contributed by atoms with Gasteiger partial charge in [0.2, 0.25) is 11.8 Å². The molecule has 1 aromatic rings. The Morgan fingerprint density at radius 3 is 2.68 bits per heavy atom. The fourth-order valence-electron chi connectivity index (χ4n) is 4.58. The summed E-state index contributed by atoms with van der Waals surface area (Å²) in [5, 5.41) is 2.33. The summed E-state index contributed by atoms with van der Waals surface area (Å²) in [5.74, 6) is -0.502. The fourth-order valence-corrected chi connectivity index (χ4v) is 4.58. The summed E-state index contributed by atoms with van der Waals surface area (Å²) in [7, 11) is 0. The Morgan fingerprint density at radius 2 is 1.97 bits per heavy atom. The second kappa shape index (κ2) is 7.98. The summed E-state index contributed by atoms with van der Waals surface area (Å²) >= 11 is 0. The number of benzene rings is 1. The Morgan fingerprint density at radius 1 is 1.19 bits per heavy atom. The van der Waals surface area contributed by atoms with Gasteiger partial charge in [-0.25, -0.2) is 4.79 Å². The summed E-state index contributed by atoms with van der Waals surface area (Å²) in [6.07, 6.45) is 2.07. The molecule has 4 rings (SSSR count). The van der Waals surface area contributed by atoms with Crippen molar-refractivity contribution >= 4 is 23.8 Å². The molecule has 1 unspecified atom stereocenters. The van der Waals surface area contributed by atoms with Crippen LogP contribution in [0, 0.1) is 5.92 Å². The van der Waals surface area contributed by atoms with E-state index in [9.17, 15) is 19.2 Å². The Balaban J connectivity index is 1.38. The minimum absolute atomic E-state index is 0.159. The molecule has 166 valence electrons. The zero-order valence-electron chi connectivity index (χ0n) is 18.3. The van der Waals surface area contributed by atoms with Gasteiger partial charge in [0.05, 0.1) is 0 Å². The van der Waals surface area contributed by atoms with Crippen molar-refractivity contribution in [1.29, 1.82) is 0 Å². The first-order chi connectivity index (χ1) is 14.6. The lowest BCUT2D eigenvalue weighted by Gasteiger charge is -2.29. The maximum absolute atomic E-state index is 12.8. The first kappa shape index (κ1) is 21.3. The average Bonchev–Trinajstić information content (AvgIpc) is 3.25. The second-order valence-corrected chi connectivity index (χ2v) is 9.68. The topological polar surface area (TPSA) is 96.0 Å². The van der Waals surface area contributed by atoms with Crippen LogP contribution in [0.2, 0.25) is 0 Å². The molecule has 0 aliphatic carbocycles. The monoisotopic (exact) mass is 427 g/mol. The first-order valence-electron chi connectivity index (χ1n) is 10.8. The van der Waals surface area contributed by atoms with Gasteiger partial charge in [-0.1, -0.05) is 12.1 Å². The number of carbonyl (C=O) groups excluding carboxylic acids is 4. The number of rotatable bonds is 3. The normalized spacial score (nSPS) is 23.8. The number of hydrogen-bond donors (Lipinski definition) is 1. The molecule has 1 N–H and O–H groups in total. The highest BCUT2D eigenvalue weighted by Gasteiger charge is 2.39. The molecule has 0 saturated carbocycles. The number of nitrogens with zero attached hydrogens (tertiary/aromatic N) is 2. The molecular weight excluding hydrogens is 398 g/mol. The number of likely N-dealkylation sites (tertiary alicyclic amines) is 1. The maximum Gasteiger partial charge on any atom is 0.410 e. The van der Waals surface area contributed by atoms with Crippen LogP contribution in [0.25, 0.3) is 0 Å². The number of piperidine rings is 1. The Kier molecular flexibility index (Phi) is 5.49. The summed E-state index contributed by atoms with van der Waals surface area (Å²) < 4.78 is 5.47. The Hall–Kier alpha value is -2.90.